The number of nitrogens with one attached hydrogen (secondary N) is 1. The number of carbonyl (C=O) groups is 1. The van der Waals surface area contributed by atoms with Crippen LogP contribution in [0.4, 0.5) is 28.2 Å². The van der Waals surface area contributed by atoms with Gasteiger partial charge in [-0.15, -0.1) is 0 Å². The van der Waals surface area contributed by atoms with E-state index in [0.29, 0.717) is 0 Å². The van der Waals surface area contributed by atoms with Crippen LogP contribution >= 0.6 is 11.3 Å². The minimum absolute atomic E-state index is 0.0811. The summed E-state index contributed by atoms with van der Waals surface area (Å²) in [7, 11) is -4.63. The zero-order valence-electron chi connectivity index (χ0n) is 11.2. The Balaban J connectivity index is 2.43. The van der Waals surface area contributed by atoms with Crippen LogP contribution in [0.3, 0.4) is 0 Å². The van der Waals surface area contributed by atoms with E-state index in [2.05, 4.69) is 20.4 Å². The standard InChI is InChI=1S/C10H6F4N4O4S2/c11-4-2-1-3-5(16-4)18-24(20,21)9-17-6(10(12,13)14)7(23-9)22-8(15)19/h1-3H,(H2,15,19)(H,16,18). The van der Waals surface area contributed by atoms with E-state index in [1.54, 1.807) is 4.72 Å². The number of hydrogen-bond acceptors (Lipinski definition) is 7. The molecule has 1 amide bonds. The molecule has 8 nitrogen and oxygen atoms in total. The van der Waals surface area contributed by atoms with Crippen molar-refractivity contribution in [2.45, 2.75) is 10.5 Å². The highest BCUT2D eigenvalue weighted by Crippen LogP contribution is 2.41. The lowest BCUT2D eigenvalue weighted by Gasteiger charge is -2.04. The Bertz CT molecular complexity index is 881. The minimum Gasteiger partial charge on any atom is -0.397 e. The molecule has 2 rings (SSSR count). The highest BCUT2D eigenvalue weighted by Gasteiger charge is 2.41. The number of thiazole rings is 1. The van der Waals surface area contributed by atoms with Crippen LogP contribution in [0.15, 0.2) is 22.5 Å². The lowest BCUT2D eigenvalue weighted by atomic mass is 10.5. The summed E-state index contributed by atoms with van der Waals surface area (Å²) in [5.74, 6) is -1.49. The Morgan fingerprint density at radius 1 is 1.29 bits per heavy atom. The quantitative estimate of drug-likeness (QED) is 0.611. The number of carbonyl (C=O) groups excluding carboxylic acids is 1. The number of primary amides is 1. The number of alkyl halides is 3. The molecular formula is C10H6F4N4O4S2. The second kappa shape index (κ2) is 6.20. The minimum atomic E-state index is -5.09. The molecule has 14 heteroatoms. The number of sulfonamides is 1. The number of halogens is 4. The molecular weight excluding hydrogens is 380 g/mol. The van der Waals surface area contributed by atoms with Crippen molar-refractivity contribution in [3.63, 3.8) is 0 Å². The molecule has 0 unspecified atom stereocenters. The molecule has 0 spiro atoms. The first-order valence-electron chi connectivity index (χ1n) is 5.70. The summed E-state index contributed by atoms with van der Waals surface area (Å²) < 4.78 is 80.2. The zero-order chi connectivity index (χ0) is 18.1. The van der Waals surface area contributed by atoms with Crippen molar-refractivity contribution in [3.05, 3.63) is 29.8 Å². The van der Waals surface area contributed by atoms with Crippen molar-refractivity contribution in [1.82, 2.24) is 9.97 Å². The summed E-state index contributed by atoms with van der Waals surface area (Å²) in [4.78, 5) is 16.7. The lowest BCUT2D eigenvalue weighted by molar-refractivity contribution is -0.141. The summed E-state index contributed by atoms with van der Waals surface area (Å²) in [5, 5.41) is -1.14. The molecule has 0 aliphatic carbocycles. The van der Waals surface area contributed by atoms with E-state index in [-0.39, 0.29) is 11.3 Å². The summed E-state index contributed by atoms with van der Waals surface area (Å²) in [6.07, 6.45) is -6.67. The molecule has 0 saturated carbocycles. The predicted molar refractivity (Wildman–Crippen MR) is 72.3 cm³/mol. The van der Waals surface area contributed by atoms with E-state index in [0.717, 1.165) is 18.2 Å². The average molecular weight is 386 g/mol. The first kappa shape index (κ1) is 17.9. The van der Waals surface area contributed by atoms with Gasteiger partial charge in [0.05, 0.1) is 0 Å². The maximum atomic E-state index is 12.9. The molecule has 0 bridgehead atoms. The fourth-order valence-electron chi connectivity index (χ4n) is 1.39. The second-order valence-corrected chi connectivity index (χ2v) is 6.80. The number of ether oxygens (including phenoxy) is 1. The molecule has 0 saturated heterocycles. The van der Waals surface area contributed by atoms with Gasteiger partial charge in [0, 0.05) is 0 Å². The number of hydrogen-bond donors (Lipinski definition) is 2. The Hall–Kier alpha value is -2.48. The first-order valence-corrected chi connectivity index (χ1v) is 7.99. The molecule has 2 aromatic heterocycles. The largest absolute Gasteiger partial charge is 0.438 e. The number of aromatic nitrogens is 2. The van der Waals surface area contributed by atoms with Gasteiger partial charge < -0.3 is 10.5 Å². The van der Waals surface area contributed by atoms with Gasteiger partial charge in [0.2, 0.25) is 15.4 Å². The average Bonchev–Trinajstić information content (AvgIpc) is 2.82. The van der Waals surface area contributed by atoms with Crippen molar-refractivity contribution < 1.29 is 35.5 Å². The SMILES string of the molecule is NC(=O)Oc1sc(S(=O)(=O)Nc2cccc(F)n2)nc1C(F)(F)F. The Kier molecular flexibility index (Phi) is 4.61. The normalized spacial score (nSPS) is 12.0. The van der Waals surface area contributed by atoms with Crippen LogP contribution in [0, 0.1) is 5.95 Å². The fourth-order valence-corrected chi connectivity index (χ4v) is 3.54. The van der Waals surface area contributed by atoms with Crippen molar-refractivity contribution in [2.75, 3.05) is 4.72 Å². The first-order chi connectivity index (χ1) is 11.0. The second-order valence-electron chi connectivity index (χ2n) is 3.99. The van der Waals surface area contributed by atoms with Crippen LogP contribution in [0.25, 0.3) is 0 Å². The number of anilines is 1. The van der Waals surface area contributed by atoms with Crippen LogP contribution < -0.4 is 15.2 Å². The van der Waals surface area contributed by atoms with Crippen LogP contribution in [-0.4, -0.2) is 24.5 Å². The maximum Gasteiger partial charge on any atom is 0.438 e. The number of amides is 1. The number of nitrogens with zero attached hydrogens (tertiary/aromatic N) is 2. The van der Waals surface area contributed by atoms with E-state index < -0.39 is 49.2 Å². The summed E-state index contributed by atoms with van der Waals surface area (Å²) in [5.41, 5.74) is 2.89. The molecule has 0 radical (unpaired) electrons. The molecule has 2 aromatic rings. The van der Waals surface area contributed by atoms with Gasteiger partial charge in [0.25, 0.3) is 10.0 Å². The van der Waals surface area contributed by atoms with Gasteiger partial charge in [0.1, 0.15) is 5.82 Å². The monoisotopic (exact) mass is 386 g/mol. The lowest BCUT2D eigenvalue weighted by Crippen LogP contribution is -2.18. The van der Waals surface area contributed by atoms with E-state index in [1.165, 1.54) is 0 Å². The molecule has 0 aliphatic heterocycles. The highest BCUT2D eigenvalue weighted by molar-refractivity contribution is 7.94. The van der Waals surface area contributed by atoms with Gasteiger partial charge >= 0.3 is 12.3 Å². The van der Waals surface area contributed by atoms with Crippen LogP contribution in [0.2, 0.25) is 0 Å². The zero-order valence-corrected chi connectivity index (χ0v) is 12.8. The molecule has 0 aliphatic rings. The van der Waals surface area contributed by atoms with Gasteiger partial charge in [-0.3, -0.25) is 4.72 Å². The summed E-state index contributed by atoms with van der Waals surface area (Å²) in [6, 6.07) is 3.13. The van der Waals surface area contributed by atoms with Crippen molar-refractivity contribution in [1.29, 1.82) is 0 Å². The van der Waals surface area contributed by atoms with Gasteiger partial charge in [-0.2, -0.15) is 26.0 Å². The molecule has 130 valence electrons. The smallest absolute Gasteiger partial charge is 0.397 e. The van der Waals surface area contributed by atoms with Gasteiger partial charge in [-0.05, 0) is 12.1 Å². The van der Waals surface area contributed by atoms with Crippen LogP contribution in [0.5, 0.6) is 5.06 Å². The van der Waals surface area contributed by atoms with E-state index in [9.17, 15) is 30.8 Å². The highest BCUT2D eigenvalue weighted by atomic mass is 32.2. The molecule has 2 heterocycles. The van der Waals surface area contributed by atoms with E-state index in [4.69, 9.17) is 0 Å². The van der Waals surface area contributed by atoms with Gasteiger partial charge in [-0.1, -0.05) is 17.4 Å². The van der Waals surface area contributed by atoms with Gasteiger partial charge in [-0.25, -0.2) is 14.8 Å². The third-order valence-corrected chi connectivity index (χ3v) is 4.89. The van der Waals surface area contributed by atoms with Crippen LogP contribution in [-0.2, 0) is 16.2 Å². The van der Waals surface area contributed by atoms with E-state index in [1.807, 2.05) is 0 Å². The number of nitrogens with two attached hydrogens (primary N) is 1. The van der Waals surface area contributed by atoms with Crippen molar-refractivity contribution in [2.24, 2.45) is 5.73 Å². The van der Waals surface area contributed by atoms with Crippen LogP contribution in [0.1, 0.15) is 5.69 Å². The number of rotatable bonds is 4. The summed E-state index contributed by atoms with van der Waals surface area (Å²) >= 11 is -0.0811. The third-order valence-electron chi connectivity index (χ3n) is 2.22. The topological polar surface area (TPSA) is 124 Å². The maximum absolute atomic E-state index is 12.9. The van der Waals surface area contributed by atoms with Crippen molar-refractivity contribution in [3.8, 4) is 5.06 Å². The summed E-state index contributed by atoms with van der Waals surface area (Å²) in [6.45, 7) is 0. The van der Waals surface area contributed by atoms with E-state index >= 15 is 0 Å². The molecule has 0 atom stereocenters. The number of pyridine rings is 1. The van der Waals surface area contributed by atoms with Crippen molar-refractivity contribution >= 4 is 33.3 Å². The fraction of sp³-hybridized carbons (Fsp3) is 0.100. The third kappa shape index (κ3) is 4.08. The Morgan fingerprint density at radius 2 is 1.96 bits per heavy atom. The molecule has 0 fully saturated rings. The molecule has 24 heavy (non-hydrogen) atoms. The molecule has 3 N–H and O–H groups in total. The van der Waals surface area contributed by atoms with Gasteiger partial charge in [0.15, 0.2) is 5.69 Å². The molecule has 0 aromatic carbocycles. The Labute approximate surface area is 135 Å². The predicted octanol–water partition coefficient (Wildman–Crippen LogP) is 1.95. The Morgan fingerprint density at radius 3 is 2.50 bits per heavy atom.